The molecule has 4 rings (SSSR count). The number of rotatable bonds is 9. The average molecular weight is 478 g/mol. The number of nitrogens with zero attached hydrogens (tertiary/aromatic N) is 2. The van der Waals surface area contributed by atoms with E-state index in [1.807, 2.05) is 31.2 Å². The number of benzene rings is 2. The second kappa shape index (κ2) is 11.7. The molecule has 8 heteroatoms. The first-order chi connectivity index (χ1) is 17.1. The number of hydrogen-bond donors (Lipinski definition) is 3. The predicted octanol–water partition coefficient (Wildman–Crippen LogP) is 5.71. The molecule has 0 aliphatic heterocycles. The summed E-state index contributed by atoms with van der Waals surface area (Å²) in [6.07, 6.45) is 8.77. The van der Waals surface area contributed by atoms with E-state index in [2.05, 4.69) is 38.1 Å². The number of nitrogens with one attached hydrogen (secondary N) is 3. The van der Waals surface area contributed by atoms with Gasteiger partial charge in [0.1, 0.15) is 12.1 Å². The topological polar surface area (TPSA) is 97.4 Å². The standard InChI is InChI=1S/C27H35N5O3/c1-4-20(16-28-26-22-14-24(34-2)25(35-3)15-23(22)29-17-30-26)31-27(33)32-21-12-10-19(11-13-21)18-8-6-5-7-9-18/h10-15,17-18,20H,4-9,16H2,1-3H3,(H,28,29,30)(H2,31,32,33). The monoisotopic (exact) mass is 477 g/mol. The molecule has 1 saturated carbocycles. The Kier molecular flexibility index (Phi) is 8.23. The fourth-order valence-corrected chi connectivity index (χ4v) is 4.67. The van der Waals surface area contributed by atoms with Crippen LogP contribution in [-0.2, 0) is 0 Å². The third-order valence-electron chi connectivity index (χ3n) is 6.73. The third kappa shape index (κ3) is 6.12. The van der Waals surface area contributed by atoms with E-state index in [1.54, 1.807) is 14.2 Å². The summed E-state index contributed by atoms with van der Waals surface area (Å²) in [5.74, 6) is 2.55. The van der Waals surface area contributed by atoms with E-state index in [1.165, 1.54) is 44.0 Å². The fraction of sp³-hybridized carbons (Fsp3) is 0.444. The summed E-state index contributed by atoms with van der Waals surface area (Å²) in [5, 5.41) is 10.2. The van der Waals surface area contributed by atoms with Crippen LogP contribution in [0.3, 0.4) is 0 Å². The summed E-state index contributed by atoms with van der Waals surface area (Å²) < 4.78 is 10.8. The Morgan fingerprint density at radius 3 is 2.43 bits per heavy atom. The highest BCUT2D eigenvalue weighted by Gasteiger charge is 2.16. The number of hydrogen-bond acceptors (Lipinski definition) is 6. The fourth-order valence-electron chi connectivity index (χ4n) is 4.67. The maximum atomic E-state index is 12.6. The minimum atomic E-state index is -0.219. The average Bonchev–Trinajstić information content (AvgIpc) is 2.91. The van der Waals surface area contributed by atoms with Gasteiger partial charge in [-0.25, -0.2) is 14.8 Å². The number of fused-ring (bicyclic) bond motifs is 1. The number of ether oxygens (including phenoxy) is 2. The molecule has 1 unspecified atom stereocenters. The second-order valence-electron chi connectivity index (χ2n) is 8.99. The van der Waals surface area contributed by atoms with Crippen LogP contribution < -0.4 is 25.4 Å². The number of urea groups is 1. The molecule has 0 bridgehead atoms. The molecule has 1 fully saturated rings. The van der Waals surface area contributed by atoms with Gasteiger partial charge in [0.25, 0.3) is 0 Å². The first kappa shape index (κ1) is 24.6. The van der Waals surface area contributed by atoms with Gasteiger partial charge in [-0.3, -0.25) is 0 Å². The number of aromatic nitrogens is 2. The molecule has 1 aliphatic rings. The van der Waals surface area contributed by atoms with Gasteiger partial charge in [-0.1, -0.05) is 38.3 Å². The Labute approximate surface area is 206 Å². The van der Waals surface area contributed by atoms with E-state index in [9.17, 15) is 4.79 Å². The van der Waals surface area contributed by atoms with E-state index in [0.717, 1.165) is 23.0 Å². The van der Waals surface area contributed by atoms with Crippen LogP contribution in [0.5, 0.6) is 11.5 Å². The smallest absolute Gasteiger partial charge is 0.319 e. The van der Waals surface area contributed by atoms with Gasteiger partial charge in [-0.15, -0.1) is 0 Å². The highest BCUT2D eigenvalue weighted by Crippen LogP contribution is 2.34. The highest BCUT2D eigenvalue weighted by molar-refractivity contribution is 5.92. The van der Waals surface area contributed by atoms with Crippen molar-refractivity contribution in [2.75, 3.05) is 31.4 Å². The van der Waals surface area contributed by atoms with Crippen LogP contribution in [0.2, 0.25) is 0 Å². The lowest BCUT2D eigenvalue weighted by Crippen LogP contribution is -2.41. The molecule has 3 aromatic rings. The van der Waals surface area contributed by atoms with Crippen LogP contribution in [0.4, 0.5) is 16.3 Å². The summed E-state index contributed by atoms with van der Waals surface area (Å²) in [5.41, 5.74) is 2.92. The SMILES string of the molecule is CCC(CNc1ncnc2cc(OC)c(OC)cc12)NC(=O)Nc1ccc(C2CCCCC2)cc1. The Morgan fingerprint density at radius 2 is 1.74 bits per heavy atom. The zero-order chi connectivity index (χ0) is 24.6. The number of anilines is 2. The van der Waals surface area contributed by atoms with Crippen molar-refractivity contribution in [3.8, 4) is 11.5 Å². The maximum absolute atomic E-state index is 12.6. The van der Waals surface area contributed by atoms with Gasteiger partial charge < -0.3 is 25.4 Å². The number of carbonyl (C=O) groups is 1. The summed E-state index contributed by atoms with van der Waals surface area (Å²) in [6.45, 7) is 2.56. The van der Waals surface area contributed by atoms with E-state index in [4.69, 9.17) is 9.47 Å². The van der Waals surface area contributed by atoms with Crippen molar-refractivity contribution in [1.82, 2.24) is 15.3 Å². The van der Waals surface area contributed by atoms with Crippen LogP contribution in [0.25, 0.3) is 10.9 Å². The molecule has 35 heavy (non-hydrogen) atoms. The normalized spacial score (nSPS) is 14.8. The Hall–Kier alpha value is -3.55. The molecule has 1 aromatic heterocycles. The summed E-state index contributed by atoms with van der Waals surface area (Å²) in [6, 6.07) is 11.7. The van der Waals surface area contributed by atoms with E-state index in [0.29, 0.717) is 29.8 Å². The number of amides is 2. The van der Waals surface area contributed by atoms with Crippen molar-refractivity contribution in [3.05, 3.63) is 48.3 Å². The largest absolute Gasteiger partial charge is 0.493 e. The molecule has 0 radical (unpaired) electrons. The van der Waals surface area contributed by atoms with Crippen molar-refractivity contribution in [3.63, 3.8) is 0 Å². The van der Waals surface area contributed by atoms with Gasteiger partial charge in [-0.2, -0.15) is 0 Å². The molecular weight excluding hydrogens is 442 g/mol. The van der Waals surface area contributed by atoms with E-state index in [-0.39, 0.29) is 12.1 Å². The second-order valence-corrected chi connectivity index (χ2v) is 8.99. The third-order valence-corrected chi connectivity index (χ3v) is 6.73. The summed E-state index contributed by atoms with van der Waals surface area (Å²) in [4.78, 5) is 21.4. The zero-order valence-corrected chi connectivity index (χ0v) is 20.8. The van der Waals surface area contributed by atoms with Gasteiger partial charge in [0.2, 0.25) is 0 Å². The predicted molar refractivity (Wildman–Crippen MR) is 140 cm³/mol. The van der Waals surface area contributed by atoms with Crippen LogP contribution >= 0.6 is 0 Å². The molecule has 0 saturated heterocycles. The van der Waals surface area contributed by atoms with E-state index >= 15 is 0 Å². The molecule has 1 atom stereocenters. The van der Waals surface area contributed by atoms with Crippen molar-refractivity contribution >= 4 is 28.4 Å². The molecule has 0 spiro atoms. The molecule has 8 nitrogen and oxygen atoms in total. The lowest BCUT2D eigenvalue weighted by Gasteiger charge is -2.22. The van der Waals surface area contributed by atoms with Crippen LogP contribution in [-0.4, -0.2) is 42.8 Å². The highest BCUT2D eigenvalue weighted by atomic mass is 16.5. The molecule has 2 amide bonds. The zero-order valence-electron chi connectivity index (χ0n) is 20.8. The quantitative estimate of drug-likeness (QED) is 0.365. The molecule has 186 valence electrons. The van der Waals surface area contributed by atoms with Gasteiger partial charge >= 0.3 is 6.03 Å². The molecular formula is C27H35N5O3. The van der Waals surface area contributed by atoms with Gasteiger partial charge in [0, 0.05) is 29.7 Å². The molecule has 1 aliphatic carbocycles. The first-order valence-corrected chi connectivity index (χ1v) is 12.4. The Morgan fingerprint density at radius 1 is 1.03 bits per heavy atom. The molecule has 3 N–H and O–H groups in total. The minimum absolute atomic E-state index is 0.0818. The lowest BCUT2D eigenvalue weighted by molar-refractivity contribution is 0.248. The van der Waals surface area contributed by atoms with Crippen molar-refractivity contribution in [1.29, 1.82) is 0 Å². The summed E-state index contributed by atoms with van der Waals surface area (Å²) >= 11 is 0. The van der Waals surface area contributed by atoms with E-state index < -0.39 is 0 Å². The summed E-state index contributed by atoms with van der Waals surface area (Å²) in [7, 11) is 3.19. The maximum Gasteiger partial charge on any atom is 0.319 e. The Bertz CT molecular complexity index is 1130. The van der Waals surface area contributed by atoms with Gasteiger partial charge in [0.15, 0.2) is 11.5 Å². The van der Waals surface area contributed by atoms with Crippen LogP contribution in [0, 0.1) is 0 Å². The van der Waals surface area contributed by atoms with Crippen molar-refractivity contribution < 1.29 is 14.3 Å². The number of methoxy groups -OCH3 is 2. The first-order valence-electron chi connectivity index (χ1n) is 12.4. The minimum Gasteiger partial charge on any atom is -0.493 e. The number of carbonyl (C=O) groups excluding carboxylic acids is 1. The van der Waals surface area contributed by atoms with Crippen LogP contribution in [0.1, 0.15) is 56.9 Å². The molecule has 1 heterocycles. The van der Waals surface area contributed by atoms with Crippen LogP contribution in [0.15, 0.2) is 42.7 Å². The molecule has 2 aromatic carbocycles. The lowest BCUT2D eigenvalue weighted by atomic mass is 9.84. The van der Waals surface area contributed by atoms with Crippen molar-refractivity contribution in [2.24, 2.45) is 0 Å². The van der Waals surface area contributed by atoms with Gasteiger partial charge in [0.05, 0.1) is 19.7 Å². The van der Waals surface area contributed by atoms with Crippen molar-refractivity contribution in [2.45, 2.75) is 57.4 Å². The Balaban J connectivity index is 1.35. The van der Waals surface area contributed by atoms with Gasteiger partial charge in [-0.05, 0) is 48.9 Å².